The summed E-state index contributed by atoms with van der Waals surface area (Å²) in [5.41, 5.74) is 7.46. The number of likely N-dealkylation sites (N-methyl/N-ethyl adjacent to an activating group) is 1. The Kier molecular flexibility index (Phi) is 6.49. The third-order valence-electron chi connectivity index (χ3n) is 4.18. The van der Waals surface area contributed by atoms with Crippen molar-refractivity contribution in [2.24, 2.45) is 5.73 Å². The van der Waals surface area contributed by atoms with Gasteiger partial charge in [-0.1, -0.05) is 20.3 Å². The monoisotopic (exact) mass is 294 g/mol. The van der Waals surface area contributed by atoms with Crippen molar-refractivity contribution in [3.8, 4) is 11.5 Å². The Morgan fingerprint density at radius 2 is 1.86 bits per heavy atom. The van der Waals surface area contributed by atoms with Crippen molar-refractivity contribution in [2.75, 3.05) is 28.3 Å². The van der Waals surface area contributed by atoms with Crippen molar-refractivity contribution in [3.63, 3.8) is 0 Å². The fraction of sp³-hybridized carbons (Fsp3) is 0.647. The lowest BCUT2D eigenvalue weighted by Crippen LogP contribution is -2.54. The minimum atomic E-state index is -0.465. The number of nitrogens with zero attached hydrogens (tertiary/aromatic N) is 1. The number of ether oxygens (including phenoxy) is 2. The molecule has 2 unspecified atom stereocenters. The summed E-state index contributed by atoms with van der Waals surface area (Å²) < 4.78 is 10.9. The van der Waals surface area contributed by atoms with Crippen LogP contribution in [-0.4, -0.2) is 39.3 Å². The zero-order chi connectivity index (χ0) is 16.0. The Hall–Kier alpha value is -1.26. The average Bonchev–Trinajstić information content (AvgIpc) is 2.47. The molecule has 0 aliphatic heterocycles. The molecule has 2 N–H and O–H groups in total. The topological polar surface area (TPSA) is 47.7 Å². The van der Waals surface area contributed by atoms with Gasteiger partial charge in [0.25, 0.3) is 0 Å². The first-order chi connectivity index (χ1) is 9.94. The number of rotatable bonds is 8. The van der Waals surface area contributed by atoms with Crippen LogP contribution < -0.4 is 15.2 Å². The van der Waals surface area contributed by atoms with E-state index in [0.29, 0.717) is 0 Å². The van der Waals surface area contributed by atoms with Gasteiger partial charge in [0, 0.05) is 11.6 Å². The first-order valence-corrected chi connectivity index (χ1v) is 7.62. The van der Waals surface area contributed by atoms with Gasteiger partial charge in [-0.15, -0.1) is 0 Å². The number of benzene rings is 1. The Bertz CT molecular complexity index is 448. The van der Waals surface area contributed by atoms with Crippen LogP contribution in [0.25, 0.3) is 0 Å². The van der Waals surface area contributed by atoms with E-state index >= 15 is 0 Å². The molecule has 0 spiro atoms. The van der Waals surface area contributed by atoms with Crippen LogP contribution in [0.2, 0.25) is 0 Å². The largest absolute Gasteiger partial charge is 0.497 e. The fourth-order valence-corrected chi connectivity index (χ4v) is 3.26. The van der Waals surface area contributed by atoms with Crippen molar-refractivity contribution >= 4 is 0 Å². The summed E-state index contributed by atoms with van der Waals surface area (Å²) in [6, 6.07) is 6.10. The van der Waals surface area contributed by atoms with Crippen molar-refractivity contribution in [3.05, 3.63) is 23.8 Å². The fourth-order valence-electron chi connectivity index (χ4n) is 3.26. The predicted octanol–water partition coefficient (Wildman–Crippen LogP) is 3.00. The Labute approximate surface area is 129 Å². The maximum absolute atomic E-state index is 6.91. The van der Waals surface area contributed by atoms with Crippen molar-refractivity contribution in [1.29, 1.82) is 0 Å². The van der Waals surface area contributed by atoms with Crippen LogP contribution in [0.4, 0.5) is 0 Å². The molecule has 0 amide bonds. The van der Waals surface area contributed by atoms with Crippen LogP contribution in [0.15, 0.2) is 18.2 Å². The molecule has 0 heterocycles. The van der Waals surface area contributed by atoms with Gasteiger partial charge in [-0.2, -0.15) is 0 Å². The van der Waals surface area contributed by atoms with E-state index in [0.717, 1.165) is 36.3 Å². The smallest absolute Gasteiger partial charge is 0.124 e. The molecule has 2 atom stereocenters. The summed E-state index contributed by atoms with van der Waals surface area (Å²) in [5, 5.41) is 0. The van der Waals surface area contributed by atoms with Crippen LogP contribution >= 0.6 is 0 Å². The number of nitrogens with two attached hydrogens (primary N) is 1. The lowest BCUT2D eigenvalue weighted by molar-refractivity contribution is 0.156. The molecule has 120 valence electrons. The second-order valence-corrected chi connectivity index (χ2v) is 5.74. The second-order valence-electron chi connectivity index (χ2n) is 5.74. The molecular formula is C17H30N2O2. The lowest BCUT2D eigenvalue weighted by atomic mass is 9.77. The zero-order valence-corrected chi connectivity index (χ0v) is 14.3. The second kappa shape index (κ2) is 7.66. The molecule has 4 nitrogen and oxygen atoms in total. The first kappa shape index (κ1) is 17.8. The SMILES string of the molecule is CCCC(N)(c1cc(OC)ccc1OC)C(CC)N(C)C. The van der Waals surface area contributed by atoms with Crippen LogP contribution in [0.3, 0.4) is 0 Å². The van der Waals surface area contributed by atoms with Crippen LogP contribution in [0.5, 0.6) is 11.5 Å². The maximum Gasteiger partial charge on any atom is 0.124 e. The molecular weight excluding hydrogens is 264 g/mol. The number of hydrogen-bond donors (Lipinski definition) is 1. The summed E-state index contributed by atoms with van der Waals surface area (Å²) in [4.78, 5) is 2.20. The van der Waals surface area contributed by atoms with Gasteiger partial charge in [-0.3, -0.25) is 0 Å². The molecule has 0 bridgehead atoms. The summed E-state index contributed by atoms with van der Waals surface area (Å²) >= 11 is 0. The highest BCUT2D eigenvalue weighted by Crippen LogP contribution is 2.39. The van der Waals surface area contributed by atoms with Gasteiger partial charge in [0.05, 0.1) is 19.8 Å². The highest BCUT2D eigenvalue weighted by Gasteiger charge is 2.38. The molecule has 0 aromatic heterocycles. The quantitative estimate of drug-likeness (QED) is 0.800. The van der Waals surface area contributed by atoms with Crippen LogP contribution in [-0.2, 0) is 5.54 Å². The Morgan fingerprint density at radius 3 is 2.29 bits per heavy atom. The molecule has 0 aliphatic rings. The predicted molar refractivity (Wildman–Crippen MR) is 88.1 cm³/mol. The van der Waals surface area contributed by atoms with Crippen molar-refractivity contribution in [2.45, 2.75) is 44.7 Å². The van der Waals surface area contributed by atoms with E-state index in [1.807, 2.05) is 18.2 Å². The molecule has 1 aromatic rings. The molecule has 21 heavy (non-hydrogen) atoms. The summed E-state index contributed by atoms with van der Waals surface area (Å²) in [6.07, 6.45) is 2.89. The van der Waals surface area contributed by atoms with Gasteiger partial charge in [-0.25, -0.2) is 0 Å². The van der Waals surface area contributed by atoms with Gasteiger partial charge in [0.2, 0.25) is 0 Å². The van der Waals surface area contributed by atoms with E-state index in [1.165, 1.54) is 0 Å². The number of hydrogen-bond acceptors (Lipinski definition) is 4. The van der Waals surface area contributed by atoms with E-state index in [1.54, 1.807) is 14.2 Å². The van der Waals surface area contributed by atoms with E-state index in [-0.39, 0.29) is 6.04 Å². The van der Waals surface area contributed by atoms with Crippen molar-refractivity contribution < 1.29 is 9.47 Å². The molecule has 1 rings (SSSR count). The maximum atomic E-state index is 6.91. The van der Waals surface area contributed by atoms with E-state index in [2.05, 4.69) is 32.8 Å². The molecule has 1 aromatic carbocycles. The minimum absolute atomic E-state index is 0.235. The molecule has 0 saturated heterocycles. The first-order valence-electron chi connectivity index (χ1n) is 7.62. The molecule has 4 heteroatoms. The third kappa shape index (κ3) is 3.69. The summed E-state index contributed by atoms with van der Waals surface area (Å²) in [5.74, 6) is 1.64. The molecule has 0 fully saturated rings. The Morgan fingerprint density at radius 1 is 1.19 bits per heavy atom. The van der Waals surface area contributed by atoms with Gasteiger partial charge in [0.15, 0.2) is 0 Å². The van der Waals surface area contributed by atoms with E-state index in [9.17, 15) is 0 Å². The van der Waals surface area contributed by atoms with Gasteiger partial charge < -0.3 is 20.1 Å². The van der Waals surface area contributed by atoms with Crippen molar-refractivity contribution in [1.82, 2.24) is 4.90 Å². The highest BCUT2D eigenvalue weighted by molar-refractivity contribution is 5.45. The zero-order valence-electron chi connectivity index (χ0n) is 14.3. The van der Waals surface area contributed by atoms with Crippen LogP contribution in [0.1, 0.15) is 38.7 Å². The summed E-state index contributed by atoms with van der Waals surface area (Å²) in [7, 11) is 7.53. The number of methoxy groups -OCH3 is 2. The summed E-state index contributed by atoms with van der Waals surface area (Å²) in [6.45, 7) is 4.34. The molecule has 0 radical (unpaired) electrons. The normalized spacial score (nSPS) is 15.6. The third-order valence-corrected chi connectivity index (χ3v) is 4.18. The lowest BCUT2D eigenvalue weighted by Gasteiger charge is -2.42. The standard InChI is InChI=1S/C17H30N2O2/c1-7-11-17(18,16(8-2)19(3)4)14-12-13(20-5)9-10-15(14)21-6/h9-10,12,16H,7-8,11,18H2,1-6H3. The van der Waals surface area contributed by atoms with Gasteiger partial charge in [-0.05, 0) is 45.1 Å². The van der Waals surface area contributed by atoms with E-state index in [4.69, 9.17) is 15.2 Å². The highest BCUT2D eigenvalue weighted by atomic mass is 16.5. The van der Waals surface area contributed by atoms with Gasteiger partial charge >= 0.3 is 0 Å². The van der Waals surface area contributed by atoms with Gasteiger partial charge in [0.1, 0.15) is 11.5 Å². The minimum Gasteiger partial charge on any atom is -0.497 e. The molecule has 0 aliphatic carbocycles. The van der Waals surface area contributed by atoms with Crippen LogP contribution in [0, 0.1) is 0 Å². The van der Waals surface area contributed by atoms with E-state index < -0.39 is 5.54 Å². The Balaban J connectivity index is 3.44. The average molecular weight is 294 g/mol. The molecule has 0 saturated carbocycles.